The maximum absolute atomic E-state index is 12.2. The van der Waals surface area contributed by atoms with Gasteiger partial charge in [-0.2, -0.15) is 5.26 Å². The summed E-state index contributed by atoms with van der Waals surface area (Å²) < 4.78 is 5.78. The zero-order valence-corrected chi connectivity index (χ0v) is 9.88. The number of nitrogens with zero attached hydrogens (tertiary/aromatic N) is 3. The third-order valence-electron chi connectivity index (χ3n) is 3.43. The largest absolute Gasteiger partial charge is 0.458 e. The van der Waals surface area contributed by atoms with Crippen LogP contribution >= 0.6 is 0 Å². The van der Waals surface area contributed by atoms with Crippen LogP contribution in [0.3, 0.4) is 0 Å². The molecule has 3 heterocycles. The third-order valence-corrected chi connectivity index (χ3v) is 3.43. The van der Waals surface area contributed by atoms with E-state index in [4.69, 9.17) is 10.00 Å². The molecule has 0 aliphatic carbocycles. The quantitative estimate of drug-likeness (QED) is 0.713. The number of ether oxygens (including phenoxy) is 1. The molecule has 18 heavy (non-hydrogen) atoms. The van der Waals surface area contributed by atoms with Crippen molar-refractivity contribution >= 4 is 11.6 Å². The number of carbonyl (C=O) groups excluding carboxylic acids is 1. The Labute approximate surface area is 104 Å². The van der Waals surface area contributed by atoms with Crippen LogP contribution < -0.4 is 10.1 Å². The first-order chi connectivity index (χ1) is 8.64. The minimum absolute atomic E-state index is 0.201. The third kappa shape index (κ3) is 1.45. The van der Waals surface area contributed by atoms with Gasteiger partial charge in [0.25, 0.3) is 5.91 Å². The number of carbonyl (C=O) groups is 1. The van der Waals surface area contributed by atoms with Gasteiger partial charge in [-0.25, -0.2) is 4.98 Å². The van der Waals surface area contributed by atoms with Crippen molar-refractivity contribution in [3.63, 3.8) is 0 Å². The summed E-state index contributed by atoms with van der Waals surface area (Å²) in [6, 6.07) is 5.35. The van der Waals surface area contributed by atoms with Crippen LogP contribution in [0.4, 0.5) is 5.69 Å². The van der Waals surface area contributed by atoms with Crippen molar-refractivity contribution in [1.82, 2.24) is 9.88 Å². The molecule has 1 aromatic heterocycles. The van der Waals surface area contributed by atoms with Gasteiger partial charge >= 0.3 is 0 Å². The molecular weight excluding hydrogens is 232 g/mol. The van der Waals surface area contributed by atoms with Crippen molar-refractivity contribution < 1.29 is 9.53 Å². The Morgan fingerprint density at radius 1 is 1.72 bits per heavy atom. The maximum Gasteiger partial charge on any atom is 0.270 e. The van der Waals surface area contributed by atoms with Crippen molar-refractivity contribution in [3.05, 3.63) is 18.3 Å². The lowest BCUT2D eigenvalue weighted by Crippen LogP contribution is -2.52. The van der Waals surface area contributed by atoms with Crippen LogP contribution in [0.25, 0.3) is 0 Å². The van der Waals surface area contributed by atoms with Crippen LogP contribution in [0.15, 0.2) is 18.3 Å². The number of rotatable bonds is 0. The van der Waals surface area contributed by atoms with Crippen LogP contribution in [0.2, 0.25) is 0 Å². The number of anilines is 1. The number of nitrogens with one attached hydrogen (secondary N) is 1. The minimum atomic E-state index is -0.990. The lowest BCUT2D eigenvalue weighted by molar-refractivity contribution is -0.131. The van der Waals surface area contributed by atoms with Crippen molar-refractivity contribution in [1.29, 1.82) is 5.26 Å². The van der Waals surface area contributed by atoms with Crippen molar-refractivity contribution in [2.24, 2.45) is 0 Å². The first-order valence-corrected chi connectivity index (χ1v) is 5.70. The highest BCUT2D eigenvalue weighted by Crippen LogP contribution is 2.37. The molecule has 0 saturated carbocycles. The fourth-order valence-electron chi connectivity index (χ4n) is 2.46. The van der Waals surface area contributed by atoms with Crippen LogP contribution in [0.5, 0.6) is 5.88 Å². The van der Waals surface area contributed by atoms with Gasteiger partial charge in [-0.15, -0.1) is 0 Å². The second kappa shape index (κ2) is 3.68. The second-order valence-electron chi connectivity index (χ2n) is 4.67. The number of likely N-dealkylation sites (tertiary alicyclic amines) is 1. The Morgan fingerprint density at radius 3 is 3.28 bits per heavy atom. The van der Waals surface area contributed by atoms with E-state index in [9.17, 15) is 4.79 Å². The molecule has 2 aliphatic heterocycles. The number of hydrogen-bond donors (Lipinski definition) is 1. The summed E-state index contributed by atoms with van der Waals surface area (Å²) >= 11 is 0. The molecule has 1 saturated heterocycles. The summed E-state index contributed by atoms with van der Waals surface area (Å²) in [5.41, 5.74) is -0.410. The maximum atomic E-state index is 12.2. The zero-order chi connectivity index (χ0) is 12.8. The van der Waals surface area contributed by atoms with Crippen LogP contribution in [0.1, 0.15) is 6.42 Å². The topological polar surface area (TPSA) is 78.2 Å². The van der Waals surface area contributed by atoms with Crippen molar-refractivity contribution in [3.8, 4) is 11.9 Å². The van der Waals surface area contributed by atoms with Gasteiger partial charge in [0.1, 0.15) is 11.7 Å². The molecule has 2 aliphatic rings. The molecular formula is C12H12N4O2. The van der Waals surface area contributed by atoms with Crippen molar-refractivity contribution in [2.45, 2.75) is 18.1 Å². The average Bonchev–Trinajstić information content (AvgIpc) is 2.68. The Balaban J connectivity index is 1.97. The van der Waals surface area contributed by atoms with Gasteiger partial charge in [0.05, 0.1) is 6.07 Å². The monoisotopic (exact) mass is 244 g/mol. The van der Waals surface area contributed by atoms with E-state index in [0.717, 1.165) is 0 Å². The molecule has 6 heteroatoms. The molecule has 6 nitrogen and oxygen atoms in total. The lowest BCUT2D eigenvalue weighted by Gasteiger charge is -2.33. The first-order valence-electron chi connectivity index (χ1n) is 5.70. The highest BCUT2D eigenvalue weighted by molar-refractivity contribution is 6.00. The van der Waals surface area contributed by atoms with E-state index in [0.29, 0.717) is 24.5 Å². The van der Waals surface area contributed by atoms with Crippen LogP contribution in [-0.2, 0) is 4.79 Å². The van der Waals surface area contributed by atoms with E-state index >= 15 is 0 Å². The molecule has 0 aromatic carbocycles. The van der Waals surface area contributed by atoms with E-state index in [-0.39, 0.29) is 11.9 Å². The minimum Gasteiger partial charge on any atom is -0.458 e. The molecule has 1 fully saturated rings. The van der Waals surface area contributed by atoms with Gasteiger partial charge in [0.2, 0.25) is 11.5 Å². The Bertz CT molecular complexity index is 553. The van der Waals surface area contributed by atoms with E-state index in [2.05, 4.69) is 16.4 Å². The number of amides is 1. The van der Waals surface area contributed by atoms with E-state index in [1.165, 1.54) is 0 Å². The summed E-state index contributed by atoms with van der Waals surface area (Å²) in [6.07, 6.45) is 1.98. The molecule has 1 aromatic rings. The number of pyridine rings is 1. The SMILES string of the molecule is CN1C[C@@]2(C[C@H]1C#N)Oc1ncccc1NC2=O. The second-order valence-corrected chi connectivity index (χ2v) is 4.67. The van der Waals surface area contributed by atoms with Gasteiger partial charge in [-0.05, 0) is 19.2 Å². The zero-order valence-electron chi connectivity index (χ0n) is 9.88. The summed E-state index contributed by atoms with van der Waals surface area (Å²) in [5.74, 6) is 0.219. The van der Waals surface area contributed by atoms with Gasteiger partial charge in [-0.1, -0.05) is 0 Å². The van der Waals surface area contributed by atoms with Crippen LogP contribution in [0, 0.1) is 11.3 Å². The fourth-order valence-corrected chi connectivity index (χ4v) is 2.46. The van der Waals surface area contributed by atoms with Crippen molar-refractivity contribution in [2.75, 3.05) is 18.9 Å². The molecule has 1 N–H and O–H groups in total. The molecule has 0 bridgehead atoms. The highest BCUT2D eigenvalue weighted by Gasteiger charge is 2.53. The van der Waals surface area contributed by atoms with E-state index in [1.807, 2.05) is 11.9 Å². The number of hydrogen-bond acceptors (Lipinski definition) is 5. The summed E-state index contributed by atoms with van der Waals surface area (Å²) in [5, 5.41) is 11.8. The first kappa shape index (κ1) is 11.0. The molecule has 2 atom stereocenters. The number of nitriles is 1. The molecule has 1 amide bonds. The standard InChI is InChI=1S/C12H12N4O2/c1-16-7-12(5-8(16)6-13)11(17)15-9-3-2-4-14-10(9)18-12/h2-4,8H,5,7H2,1H3,(H,15,17)/t8-,12+/m0/s1. The smallest absolute Gasteiger partial charge is 0.270 e. The van der Waals surface area contributed by atoms with Gasteiger partial charge < -0.3 is 10.1 Å². The normalized spacial score (nSPS) is 30.4. The lowest BCUT2D eigenvalue weighted by atomic mass is 9.97. The molecule has 1 spiro atoms. The van der Waals surface area contributed by atoms with Crippen LogP contribution in [-0.4, -0.2) is 41.0 Å². The van der Waals surface area contributed by atoms with E-state index < -0.39 is 5.60 Å². The Hall–Kier alpha value is -2.13. The predicted molar refractivity (Wildman–Crippen MR) is 62.9 cm³/mol. The predicted octanol–water partition coefficient (Wildman–Crippen LogP) is 0.379. The highest BCUT2D eigenvalue weighted by atomic mass is 16.5. The Morgan fingerprint density at radius 2 is 2.56 bits per heavy atom. The fraction of sp³-hybridized carbons (Fsp3) is 0.417. The number of likely N-dealkylation sites (N-methyl/N-ethyl adjacent to an activating group) is 1. The molecule has 0 unspecified atom stereocenters. The molecule has 0 radical (unpaired) electrons. The summed E-state index contributed by atoms with van der Waals surface area (Å²) in [7, 11) is 1.81. The van der Waals surface area contributed by atoms with Gasteiger partial charge in [-0.3, -0.25) is 9.69 Å². The molecule has 3 rings (SSSR count). The van der Waals surface area contributed by atoms with Gasteiger partial charge in [0, 0.05) is 19.2 Å². The number of aromatic nitrogens is 1. The molecule has 92 valence electrons. The summed E-state index contributed by atoms with van der Waals surface area (Å²) in [4.78, 5) is 18.1. The number of fused-ring (bicyclic) bond motifs is 1. The average molecular weight is 244 g/mol. The van der Waals surface area contributed by atoms with E-state index in [1.54, 1.807) is 18.3 Å². The van der Waals surface area contributed by atoms with Gasteiger partial charge in [0.15, 0.2) is 0 Å². The Kier molecular flexibility index (Phi) is 2.25. The summed E-state index contributed by atoms with van der Waals surface area (Å²) in [6.45, 7) is 0.396.